The summed E-state index contributed by atoms with van der Waals surface area (Å²) in [5.74, 6) is 0.328. The largest absolute Gasteiger partial charge is 0.299 e. The molecule has 1 atom stereocenters. The zero-order valence-electron chi connectivity index (χ0n) is 8.31. The quantitative estimate of drug-likeness (QED) is 0.611. The first-order valence-corrected chi connectivity index (χ1v) is 5.15. The van der Waals surface area contributed by atoms with Gasteiger partial charge in [-0.15, -0.1) is 0 Å². The van der Waals surface area contributed by atoms with E-state index in [1.54, 1.807) is 0 Å². The Labute approximate surface area is 79.9 Å². The molecule has 0 saturated heterocycles. The van der Waals surface area contributed by atoms with Gasteiger partial charge in [0.05, 0.1) is 6.07 Å². The molecule has 1 rings (SSSR count). The Morgan fingerprint density at radius 1 is 1.46 bits per heavy atom. The summed E-state index contributed by atoms with van der Waals surface area (Å²) in [6, 6.07) is 2.17. The van der Waals surface area contributed by atoms with E-state index >= 15 is 0 Å². The number of ketones is 1. The molecule has 72 valence electrons. The van der Waals surface area contributed by atoms with Gasteiger partial charge in [0, 0.05) is 18.3 Å². The van der Waals surface area contributed by atoms with Gasteiger partial charge < -0.3 is 0 Å². The van der Waals surface area contributed by atoms with E-state index in [1.165, 1.54) is 0 Å². The number of hydrogen-bond acceptors (Lipinski definition) is 2. The fraction of sp³-hybridized carbons (Fsp3) is 0.818. The molecule has 0 aromatic rings. The number of nitriles is 1. The van der Waals surface area contributed by atoms with Crippen molar-refractivity contribution in [1.82, 2.24) is 0 Å². The summed E-state index contributed by atoms with van der Waals surface area (Å²) < 4.78 is 0. The molecular formula is C11H17NO. The molecule has 0 amide bonds. The third kappa shape index (κ3) is 2.09. The number of nitrogens with zero attached hydrogens (tertiary/aromatic N) is 1. The summed E-state index contributed by atoms with van der Waals surface area (Å²) in [5.41, 5.74) is -0.286. The van der Waals surface area contributed by atoms with Gasteiger partial charge in [-0.1, -0.05) is 19.8 Å². The standard InChI is InChI=1S/C11H17NO/c1-2-11(8-9-12)7-5-3-4-6-10(11)13/h2-8H2,1H3. The van der Waals surface area contributed by atoms with Crippen molar-refractivity contribution >= 4 is 5.78 Å². The minimum Gasteiger partial charge on any atom is -0.299 e. The zero-order valence-corrected chi connectivity index (χ0v) is 8.31. The Morgan fingerprint density at radius 3 is 2.85 bits per heavy atom. The van der Waals surface area contributed by atoms with Crippen molar-refractivity contribution < 1.29 is 4.79 Å². The maximum atomic E-state index is 11.8. The van der Waals surface area contributed by atoms with Gasteiger partial charge in [0.1, 0.15) is 5.78 Å². The Bertz CT molecular complexity index is 229. The van der Waals surface area contributed by atoms with Gasteiger partial charge >= 0.3 is 0 Å². The zero-order chi connectivity index (χ0) is 9.73. The fourth-order valence-electron chi connectivity index (χ4n) is 2.17. The van der Waals surface area contributed by atoms with E-state index in [0.717, 1.165) is 32.1 Å². The molecule has 0 heterocycles. The summed E-state index contributed by atoms with van der Waals surface area (Å²) in [6.07, 6.45) is 6.15. The summed E-state index contributed by atoms with van der Waals surface area (Å²) >= 11 is 0. The second kappa shape index (κ2) is 4.41. The van der Waals surface area contributed by atoms with E-state index in [4.69, 9.17) is 5.26 Å². The monoisotopic (exact) mass is 179 g/mol. The van der Waals surface area contributed by atoms with Gasteiger partial charge in [-0.25, -0.2) is 0 Å². The maximum absolute atomic E-state index is 11.8. The number of carbonyl (C=O) groups is 1. The van der Waals surface area contributed by atoms with Gasteiger partial charge in [0.2, 0.25) is 0 Å². The van der Waals surface area contributed by atoms with Crippen molar-refractivity contribution in [3.8, 4) is 6.07 Å². The molecule has 13 heavy (non-hydrogen) atoms. The second-order valence-corrected chi connectivity index (χ2v) is 3.95. The first-order valence-electron chi connectivity index (χ1n) is 5.15. The van der Waals surface area contributed by atoms with Gasteiger partial charge in [0.15, 0.2) is 0 Å². The highest BCUT2D eigenvalue weighted by Gasteiger charge is 2.36. The normalized spacial score (nSPS) is 29.4. The van der Waals surface area contributed by atoms with E-state index in [0.29, 0.717) is 18.6 Å². The summed E-state index contributed by atoms with van der Waals surface area (Å²) in [7, 11) is 0. The highest BCUT2D eigenvalue weighted by atomic mass is 16.1. The first-order chi connectivity index (χ1) is 6.25. The van der Waals surface area contributed by atoms with Crippen LogP contribution in [0, 0.1) is 16.7 Å². The molecule has 0 spiro atoms. The van der Waals surface area contributed by atoms with Gasteiger partial charge in [-0.2, -0.15) is 5.26 Å². The Hall–Kier alpha value is -0.840. The molecule has 0 aromatic heterocycles. The van der Waals surface area contributed by atoms with E-state index in [1.807, 2.05) is 6.92 Å². The summed E-state index contributed by atoms with van der Waals surface area (Å²) in [5, 5.41) is 8.72. The van der Waals surface area contributed by atoms with Crippen molar-refractivity contribution in [2.24, 2.45) is 5.41 Å². The van der Waals surface area contributed by atoms with Crippen LogP contribution in [0.1, 0.15) is 51.9 Å². The summed E-state index contributed by atoms with van der Waals surface area (Å²) in [4.78, 5) is 11.8. The number of hydrogen-bond donors (Lipinski definition) is 0. The van der Waals surface area contributed by atoms with Crippen LogP contribution in [-0.4, -0.2) is 5.78 Å². The third-order valence-electron chi connectivity index (χ3n) is 3.24. The second-order valence-electron chi connectivity index (χ2n) is 3.95. The molecule has 0 bridgehead atoms. The van der Waals surface area contributed by atoms with Crippen LogP contribution in [0.25, 0.3) is 0 Å². The molecular weight excluding hydrogens is 162 g/mol. The van der Waals surface area contributed by atoms with Crippen LogP contribution < -0.4 is 0 Å². The smallest absolute Gasteiger partial charge is 0.140 e. The SMILES string of the molecule is CCC1(CC#N)CCCCCC1=O. The molecule has 1 aliphatic rings. The molecule has 1 saturated carbocycles. The van der Waals surface area contributed by atoms with Crippen molar-refractivity contribution in [3.05, 3.63) is 0 Å². The van der Waals surface area contributed by atoms with E-state index in [-0.39, 0.29) is 5.41 Å². The van der Waals surface area contributed by atoms with Crippen molar-refractivity contribution in [1.29, 1.82) is 5.26 Å². The minimum absolute atomic E-state index is 0.286. The van der Waals surface area contributed by atoms with Crippen molar-refractivity contribution in [2.45, 2.75) is 51.9 Å². The van der Waals surface area contributed by atoms with Crippen LogP contribution in [0.5, 0.6) is 0 Å². The molecule has 2 nitrogen and oxygen atoms in total. The van der Waals surface area contributed by atoms with Gasteiger partial charge in [-0.05, 0) is 19.3 Å². The molecule has 0 aromatic carbocycles. The highest BCUT2D eigenvalue weighted by Crippen LogP contribution is 2.37. The summed E-state index contributed by atoms with van der Waals surface area (Å²) in [6.45, 7) is 2.03. The topological polar surface area (TPSA) is 40.9 Å². The number of carbonyl (C=O) groups excluding carboxylic acids is 1. The molecule has 1 unspecified atom stereocenters. The number of Topliss-reactive ketones (excluding diaryl/α,β-unsaturated/α-hetero) is 1. The lowest BCUT2D eigenvalue weighted by atomic mass is 9.75. The van der Waals surface area contributed by atoms with E-state index in [9.17, 15) is 4.79 Å². The number of rotatable bonds is 2. The van der Waals surface area contributed by atoms with Crippen LogP contribution in [0.3, 0.4) is 0 Å². The van der Waals surface area contributed by atoms with E-state index < -0.39 is 0 Å². The molecule has 1 fully saturated rings. The molecule has 2 heteroatoms. The Morgan fingerprint density at radius 2 is 2.23 bits per heavy atom. The van der Waals surface area contributed by atoms with Crippen LogP contribution in [-0.2, 0) is 4.79 Å². The van der Waals surface area contributed by atoms with Crippen LogP contribution in [0.15, 0.2) is 0 Å². The minimum atomic E-state index is -0.286. The van der Waals surface area contributed by atoms with Crippen molar-refractivity contribution in [2.75, 3.05) is 0 Å². The lowest BCUT2D eigenvalue weighted by Crippen LogP contribution is -2.28. The van der Waals surface area contributed by atoms with Crippen molar-refractivity contribution in [3.63, 3.8) is 0 Å². The average Bonchev–Trinajstić information content (AvgIpc) is 2.31. The van der Waals surface area contributed by atoms with Crippen LogP contribution in [0.2, 0.25) is 0 Å². The first kappa shape index (κ1) is 10.2. The third-order valence-corrected chi connectivity index (χ3v) is 3.24. The Kier molecular flexibility index (Phi) is 3.48. The average molecular weight is 179 g/mol. The highest BCUT2D eigenvalue weighted by molar-refractivity contribution is 5.85. The predicted octanol–water partition coefficient (Wildman–Crippen LogP) is 2.83. The molecule has 0 radical (unpaired) electrons. The Balaban J connectivity index is 2.79. The fourth-order valence-corrected chi connectivity index (χ4v) is 2.17. The van der Waals surface area contributed by atoms with E-state index in [2.05, 4.69) is 6.07 Å². The van der Waals surface area contributed by atoms with Gasteiger partial charge in [0.25, 0.3) is 0 Å². The lowest BCUT2D eigenvalue weighted by Gasteiger charge is -2.26. The molecule has 0 N–H and O–H groups in total. The molecule has 0 aliphatic heterocycles. The van der Waals surface area contributed by atoms with Gasteiger partial charge in [-0.3, -0.25) is 4.79 Å². The molecule has 1 aliphatic carbocycles. The predicted molar refractivity (Wildman–Crippen MR) is 51.0 cm³/mol. The van der Waals surface area contributed by atoms with Crippen LogP contribution >= 0.6 is 0 Å². The van der Waals surface area contributed by atoms with Crippen LogP contribution in [0.4, 0.5) is 0 Å². The lowest BCUT2D eigenvalue weighted by molar-refractivity contribution is -0.128. The maximum Gasteiger partial charge on any atom is 0.140 e.